The van der Waals surface area contributed by atoms with Crippen LogP contribution in [0.3, 0.4) is 0 Å². The lowest BCUT2D eigenvalue weighted by Gasteiger charge is -2.27. The van der Waals surface area contributed by atoms with Crippen molar-refractivity contribution >= 4 is 10.8 Å². The minimum Gasteiger partial charge on any atom is -0.462 e. The Bertz CT molecular complexity index is 1410. The van der Waals surface area contributed by atoms with Crippen LogP contribution in [0.15, 0.2) is 78.0 Å². The second kappa shape index (κ2) is 11.6. The van der Waals surface area contributed by atoms with Gasteiger partial charge < -0.3 is 34.8 Å². The molecule has 5 N–H and O–H groups in total. The van der Waals surface area contributed by atoms with Crippen molar-refractivity contribution in [1.29, 1.82) is 0 Å². The standard InChI is InChI=1S/C28H30N2O7/c1-17-14-20(4-5-24(17)37-28(36)26(34)25(33)23(32)9-13-31)21-3-2-19-8-12-30(27(35)22(19)15-21)16-18-6-10-29-11-7-18/h2-8,10-12,14-15,23,25-26,28,31-34,36H,9,13,16H2,1H3. The molecule has 0 spiro atoms. The molecule has 2 aromatic carbocycles. The van der Waals surface area contributed by atoms with Gasteiger partial charge in [0.2, 0.25) is 6.29 Å². The summed E-state index contributed by atoms with van der Waals surface area (Å²) in [4.78, 5) is 17.2. The zero-order chi connectivity index (χ0) is 26.5. The first-order valence-electron chi connectivity index (χ1n) is 11.9. The van der Waals surface area contributed by atoms with Crippen LogP contribution in [0.2, 0.25) is 0 Å². The molecule has 0 saturated carbocycles. The summed E-state index contributed by atoms with van der Waals surface area (Å²) in [5.74, 6) is 0.277. The maximum Gasteiger partial charge on any atom is 0.258 e. The van der Waals surface area contributed by atoms with Gasteiger partial charge in [0.25, 0.3) is 5.56 Å². The van der Waals surface area contributed by atoms with Gasteiger partial charge in [0.15, 0.2) is 0 Å². The maximum atomic E-state index is 13.2. The van der Waals surface area contributed by atoms with E-state index in [4.69, 9.17) is 9.84 Å². The molecule has 194 valence electrons. The van der Waals surface area contributed by atoms with Gasteiger partial charge in [-0.05, 0) is 77.4 Å². The van der Waals surface area contributed by atoms with E-state index < -0.39 is 24.6 Å². The van der Waals surface area contributed by atoms with Crippen molar-refractivity contribution in [2.24, 2.45) is 0 Å². The minimum absolute atomic E-state index is 0.105. The molecule has 0 aliphatic heterocycles. The average Bonchev–Trinajstić information content (AvgIpc) is 2.91. The first-order chi connectivity index (χ1) is 17.8. The highest BCUT2D eigenvalue weighted by Crippen LogP contribution is 2.29. The zero-order valence-electron chi connectivity index (χ0n) is 20.3. The molecule has 4 atom stereocenters. The Balaban J connectivity index is 1.55. The van der Waals surface area contributed by atoms with Crippen molar-refractivity contribution in [3.05, 3.63) is 94.7 Å². The van der Waals surface area contributed by atoms with Crippen LogP contribution in [0.4, 0.5) is 0 Å². The highest BCUT2D eigenvalue weighted by Gasteiger charge is 2.31. The van der Waals surface area contributed by atoms with Crippen molar-refractivity contribution in [3.8, 4) is 16.9 Å². The maximum absolute atomic E-state index is 13.2. The molecule has 0 fully saturated rings. The third-order valence-electron chi connectivity index (χ3n) is 6.30. The van der Waals surface area contributed by atoms with Crippen molar-refractivity contribution in [3.63, 3.8) is 0 Å². The number of hydrogen-bond donors (Lipinski definition) is 5. The van der Waals surface area contributed by atoms with E-state index in [9.17, 15) is 25.2 Å². The van der Waals surface area contributed by atoms with E-state index in [2.05, 4.69) is 4.98 Å². The molecule has 2 aromatic heterocycles. The van der Waals surface area contributed by atoms with E-state index in [0.717, 1.165) is 22.1 Å². The summed E-state index contributed by atoms with van der Waals surface area (Å²) in [5.41, 5.74) is 3.17. The van der Waals surface area contributed by atoms with Gasteiger partial charge in [-0.1, -0.05) is 18.2 Å². The lowest BCUT2D eigenvalue weighted by molar-refractivity contribution is -0.166. The highest BCUT2D eigenvalue weighted by molar-refractivity contribution is 5.86. The van der Waals surface area contributed by atoms with Crippen molar-refractivity contribution in [2.75, 3.05) is 6.61 Å². The third-order valence-corrected chi connectivity index (χ3v) is 6.30. The van der Waals surface area contributed by atoms with Gasteiger partial charge in [-0.2, -0.15) is 0 Å². The van der Waals surface area contributed by atoms with Gasteiger partial charge in [0.05, 0.1) is 12.6 Å². The molecule has 4 rings (SSSR count). The van der Waals surface area contributed by atoms with Gasteiger partial charge in [0, 0.05) is 30.6 Å². The molecule has 2 heterocycles. The Hall–Kier alpha value is -3.60. The van der Waals surface area contributed by atoms with E-state index in [1.54, 1.807) is 42.2 Å². The summed E-state index contributed by atoms with van der Waals surface area (Å²) in [6, 6.07) is 16.5. The zero-order valence-corrected chi connectivity index (χ0v) is 20.3. The molecule has 0 aliphatic rings. The summed E-state index contributed by atoms with van der Waals surface area (Å²) < 4.78 is 7.08. The number of aliphatic hydroxyl groups is 5. The molecular formula is C28H30N2O7. The molecule has 9 nitrogen and oxygen atoms in total. The smallest absolute Gasteiger partial charge is 0.258 e. The third kappa shape index (κ3) is 6.04. The summed E-state index contributed by atoms with van der Waals surface area (Å²) in [5, 5.41) is 50.3. The predicted molar refractivity (Wildman–Crippen MR) is 138 cm³/mol. The minimum atomic E-state index is -1.80. The fraction of sp³-hybridized carbons (Fsp3) is 0.286. The Kier molecular flexibility index (Phi) is 8.32. The SMILES string of the molecule is Cc1cc(-c2ccc3ccn(Cc4ccncc4)c(=O)c3c2)ccc1OC(O)C(O)C(O)C(O)CCO. The quantitative estimate of drug-likeness (QED) is 0.204. The second-order valence-electron chi connectivity index (χ2n) is 8.96. The predicted octanol–water partition coefficient (Wildman–Crippen LogP) is 1.58. The number of ether oxygens (including phenoxy) is 1. The Morgan fingerprint density at radius 3 is 2.32 bits per heavy atom. The van der Waals surface area contributed by atoms with Crippen molar-refractivity contribution in [2.45, 2.75) is 44.5 Å². The lowest BCUT2D eigenvalue weighted by Crippen LogP contribution is -2.47. The number of hydrogen-bond acceptors (Lipinski definition) is 8. The van der Waals surface area contributed by atoms with Gasteiger partial charge >= 0.3 is 0 Å². The Morgan fingerprint density at radius 2 is 1.62 bits per heavy atom. The number of pyridine rings is 2. The summed E-state index contributed by atoms with van der Waals surface area (Å²) in [7, 11) is 0. The molecular weight excluding hydrogens is 476 g/mol. The average molecular weight is 507 g/mol. The van der Waals surface area contributed by atoms with Crippen LogP contribution in [0.1, 0.15) is 17.5 Å². The van der Waals surface area contributed by atoms with Crippen molar-refractivity contribution in [1.82, 2.24) is 9.55 Å². The second-order valence-corrected chi connectivity index (χ2v) is 8.96. The van der Waals surface area contributed by atoms with Crippen LogP contribution in [0, 0.1) is 6.92 Å². The van der Waals surface area contributed by atoms with Crippen LogP contribution in [0.25, 0.3) is 21.9 Å². The molecule has 4 aromatic rings. The number of nitrogens with zero attached hydrogens (tertiary/aromatic N) is 2. The molecule has 0 aliphatic carbocycles. The Morgan fingerprint density at radius 1 is 0.919 bits per heavy atom. The number of benzene rings is 2. The van der Waals surface area contributed by atoms with E-state index in [1.165, 1.54) is 0 Å². The number of rotatable bonds is 10. The van der Waals surface area contributed by atoms with Crippen LogP contribution in [-0.2, 0) is 6.54 Å². The normalized spacial score (nSPS) is 14.8. The van der Waals surface area contributed by atoms with Crippen LogP contribution in [-0.4, -0.2) is 66.3 Å². The number of aromatic nitrogens is 2. The number of aliphatic hydroxyl groups excluding tert-OH is 5. The molecule has 9 heteroatoms. The fourth-order valence-electron chi connectivity index (χ4n) is 4.13. The molecule has 0 radical (unpaired) electrons. The van der Waals surface area contributed by atoms with Crippen LogP contribution in [0.5, 0.6) is 5.75 Å². The summed E-state index contributed by atoms with van der Waals surface area (Å²) in [6.07, 6.45) is -1.68. The molecule has 4 unspecified atom stereocenters. The molecule has 0 bridgehead atoms. The first-order valence-corrected chi connectivity index (χ1v) is 11.9. The van der Waals surface area contributed by atoms with E-state index in [-0.39, 0.29) is 24.3 Å². The number of fused-ring (bicyclic) bond motifs is 1. The van der Waals surface area contributed by atoms with Gasteiger partial charge in [-0.3, -0.25) is 9.78 Å². The molecule has 0 saturated heterocycles. The topological polar surface area (TPSA) is 145 Å². The Labute approximate surface area is 213 Å². The van der Waals surface area contributed by atoms with E-state index in [1.807, 2.05) is 42.5 Å². The molecule has 0 amide bonds. The highest BCUT2D eigenvalue weighted by atomic mass is 16.6. The fourth-order valence-corrected chi connectivity index (χ4v) is 4.13. The van der Waals surface area contributed by atoms with Gasteiger partial charge in [-0.25, -0.2) is 0 Å². The largest absolute Gasteiger partial charge is 0.462 e. The van der Waals surface area contributed by atoms with E-state index >= 15 is 0 Å². The van der Waals surface area contributed by atoms with Crippen LogP contribution >= 0.6 is 0 Å². The lowest BCUT2D eigenvalue weighted by atomic mass is 10.00. The molecule has 37 heavy (non-hydrogen) atoms. The van der Waals surface area contributed by atoms with Crippen LogP contribution < -0.4 is 10.3 Å². The number of aryl methyl sites for hydroxylation is 1. The van der Waals surface area contributed by atoms with E-state index in [0.29, 0.717) is 17.5 Å². The summed E-state index contributed by atoms with van der Waals surface area (Å²) >= 11 is 0. The van der Waals surface area contributed by atoms with Gasteiger partial charge in [0.1, 0.15) is 18.0 Å². The first kappa shape index (κ1) is 26.5. The summed E-state index contributed by atoms with van der Waals surface area (Å²) in [6.45, 7) is 1.82. The monoisotopic (exact) mass is 506 g/mol. The van der Waals surface area contributed by atoms with Gasteiger partial charge in [-0.15, -0.1) is 0 Å². The van der Waals surface area contributed by atoms with Crippen molar-refractivity contribution < 1.29 is 30.3 Å².